The number of nitrogens with one attached hydrogen (secondary N) is 4. The Kier molecular flexibility index (Phi) is 6.92. The molecule has 2 heterocycles. The highest BCUT2D eigenvalue weighted by molar-refractivity contribution is 7.89. The van der Waals surface area contributed by atoms with E-state index in [4.69, 9.17) is 4.74 Å². The number of imide groups is 1. The SMILES string of the molecule is COc1ccc(S(=O)(=O)NCC2CCCNC2)cc1C1(C)NC(=O)NC1=O.Cl. The lowest BCUT2D eigenvalue weighted by Gasteiger charge is -2.25. The average molecular weight is 433 g/mol. The number of benzene rings is 1. The van der Waals surface area contributed by atoms with Gasteiger partial charge in [-0.3, -0.25) is 10.1 Å². The number of piperidine rings is 1. The number of amides is 3. The van der Waals surface area contributed by atoms with Crippen LogP contribution in [0.3, 0.4) is 0 Å². The van der Waals surface area contributed by atoms with E-state index in [0.29, 0.717) is 12.3 Å². The fourth-order valence-corrected chi connectivity index (χ4v) is 4.53. The molecule has 0 aliphatic carbocycles. The van der Waals surface area contributed by atoms with Crippen LogP contribution in [0.25, 0.3) is 0 Å². The third-order valence-corrected chi connectivity index (χ3v) is 6.45. The minimum absolute atomic E-state index is 0. The average Bonchev–Trinajstić information content (AvgIpc) is 2.93. The number of hydrogen-bond donors (Lipinski definition) is 4. The number of urea groups is 1. The maximum atomic E-state index is 12.7. The Balaban J connectivity index is 0.00000280. The van der Waals surface area contributed by atoms with Gasteiger partial charge in [-0.1, -0.05) is 0 Å². The van der Waals surface area contributed by atoms with Crippen molar-refractivity contribution in [1.29, 1.82) is 0 Å². The van der Waals surface area contributed by atoms with Crippen LogP contribution in [0, 0.1) is 5.92 Å². The van der Waals surface area contributed by atoms with Gasteiger partial charge in [-0.05, 0) is 57.0 Å². The molecule has 2 atom stereocenters. The summed E-state index contributed by atoms with van der Waals surface area (Å²) in [6, 6.07) is 3.63. The molecule has 9 nitrogen and oxygen atoms in total. The van der Waals surface area contributed by atoms with Crippen molar-refractivity contribution in [3.8, 4) is 5.75 Å². The van der Waals surface area contributed by atoms with Crippen LogP contribution in [-0.4, -0.2) is 47.1 Å². The van der Waals surface area contributed by atoms with Crippen LogP contribution in [0.15, 0.2) is 23.1 Å². The van der Waals surface area contributed by atoms with Crippen molar-refractivity contribution >= 4 is 34.4 Å². The van der Waals surface area contributed by atoms with Gasteiger partial charge >= 0.3 is 6.03 Å². The quantitative estimate of drug-likeness (QED) is 0.483. The Labute approximate surface area is 170 Å². The van der Waals surface area contributed by atoms with E-state index in [1.165, 1.54) is 32.2 Å². The summed E-state index contributed by atoms with van der Waals surface area (Å²) in [6.45, 7) is 3.58. The fraction of sp³-hybridized carbons (Fsp3) is 0.529. The molecule has 0 aromatic heterocycles. The summed E-state index contributed by atoms with van der Waals surface area (Å²) in [4.78, 5) is 23.8. The summed E-state index contributed by atoms with van der Waals surface area (Å²) in [5.74, 6) is -0.0180. The number of halogens is 1. The van der Waals surface area contributed by atoms with Crippen molar-refractivity contribution in [1.82, 2.24) is 20.7 Å². The second kappa shape index (κ2) is 8.64. The highest BCUT2D eigenvalue weighted by Crippen LogP contribution is 2.34. The van der Waals surface area contributed by atoms with Gasteiger partial charge in [0, 0.05) is 12.1 Å². The van der Waals surface area contributed by atoms with E-state index in [9.17, 15) is 18.0 Å². The topological polar surface area (TPSA) is 126 Å². The molecule has 2 aliphatic heterocycles. The van der Waals surface area contributed by atoms with Crippen LogP contribution < -0.4 is 25.4 Å². The molecule has 156 valence electrons. The second-order valence-corrected chi connectivity index (χ2v) is 8.73. The second-order valence-electron chi connectivity index (χ2n) is 6.96. The lowest BCUT2D eigenvalue weighted by molar-refractivity contribution is -0.123. The van der Waals surface area contributed by atoms with Crippen LogP contribution in [0.2, 0.25) is 0 Å². The lowest BCUT2D eigenvalue weighted by Crippen LogP contribution is -2.41. The van der Waals surface area contributed by atoms with Crippen molar-refractivity contribution in [3.05, 3.63) is 23.8 Å². The van der Waals surface area contributed by atoms with Crippen molar-refractivity contribution < 1.29 is 22.7 Å². The summed E-state index contributed by atoms with van der Waals surface area (Å²) < 4.78 is 33.4. The van der Waals surface area contributed by atoms with Gasteiger partial charge in [0.25, 0.3) is 5.91 Å². The van der Waals surface area contributed by atoms with Crippen LogP contribution in [0.5, 0.6) is 5.75 Å². The number of carbonyl (C=O) groups is 2. The number of sulfonamides is 1. The third-order valence-electron chi connectivity index (χ3n) is 5.03. The largest absolute Gasteiger partial charge is 0.496 e. The Morgan fingerprint density at radius 1 is 1.32 bits per heavy atom. The molecule has 2 unspecified atom stereocenters. The molecule has 4 N–H and O–H groups in total. The predicted molar refractivity (Wildman–Crippen MR) is 105 cm³/mol. The molecule has 2 fully saturated rings. The molecule has 0 saturated carbocycles. The van der Waals surface area contributed by atoms with E-state index in [-0.39, 0.29) is 28.8 Å². The highest BCUT2D eigenvalue weighted by atomic mass is 35.5. The normalized spacial score (nSPS) is 24.9. The third kappa shape index (κ3) is 4.40. The molecule has 0 bridgehead atoms. The summed E-state index contributed by atoms with van der Waals surface area (Å²) in [6.07, 6.45) is 1.99. The first-order valence-electron chi connectivity index (χ1n) is 8.79. The summed E-state index contributed by atoms with van der Waals surface area (Å²) in [5.41, 5.74) is -1.14. The standard InChI is InChI=1S/C17H24N4O5S.ClH/c1-17(15(22)20-16(23)21-17)13-8-12(5-6-14(13)26-2)27(24,25)19-10-11-4-3-7-18-9-11;/h5-6,8,11,18-19H,3-4,7,9-10H2,1-2H3,(H2,20,21,22,23);1H. The zero-order valence-corrected chi connectivity index (χ0v) is 17.3. The van der Waals surface area contributed by atoms with E-state index < -0.39 is 27.5 Å². The monoisotopic (exact) mass is 432 g/mol. The van der Waals surface area contributed by atoms with E-state index in [1.54, 1.807) is 0 Å². The van der Waals surface area contributed by atoms with E-state index in [1.807, 2.05) is 0 Å². The minimum atomic E-state index is -3.77. The van der Waals surface area contributed by atoms with Gasteiger partial charge in [0.15, 0.2) is 0 Å². The van der Waals surface area contributed by atoms with E-state index >= 15 is 0 Å². The first kappa shape index (κ1) is 22.4. The molecule has 3 rings (SSSR count). The van der Waals surface area contributed by atoms with Gasteiger partial charge in [0.1, 0.15) is 11.3 Å². The molecule has 0 radical (unpaired) electrons. The van der Waals surface area contributed by atoms with Gasteiger partial charge in [-0.25, -0.2) is 17.9 Å². The minimum Gasteiger partial charge on any atom is -0.496 e. The lowest BCUT2D eigenvalue weighted by atomic mass is 9.91. The Morgan fingerprint density at radius 3 is 2.64 bits per heavy atom. The number of carbonyl (C=O) groups excluding carboxylic acids is 2. The maximum Gasteiger partial charge on any atom is 0.322 e. The number of rotatable bonds is 6. The summed E-state index contributed by atoms with van der Waals surface area (Å²) in [5, 5.41) is 7.95. The molecule has 28 heavy (non-hydrogen) atoms. The molecular formula is C17H25ClN4O5S. The van der Waals surface area contributed by atoms with Crippen molar-refractivity contribution in [2.45, 2.75) is 30.2 Å². The fourth-order valence-electron chi connectivity index (χ4n) is 3.39. The Morgan fingerprint density at radius 2 is 2.07 bits per heavy atom. The number of methoxy groups -OCH3 is 1. The van der Waals surface area contributed by atoms with Gasteiger partial charge < -0.3 is 15.4 Å². The summed E-state index contributed by atoms with van der Waals surface area (Å²) >= 11 is 0. The van der Waals surface area contributed by atoms with Gasteiger partial charge in [0.05, 0.1) is 12.0 Å². The summed E-state index contributed by atoms with van der Waals surface area (Å²) in [7, 11) is -2.36. The Hall–Kier alpha value is -1.88. The molecule has 1 aromatic carbocycles. The van der Waals surface area contributed by atoms with Crippen LogP contribution >= 0.6 is 12.4 Å². The molecule has 2 aliphatic rings. The molecule has 0 spiro atoms. The first-order chi connectivity index (χ1) is 12.8. The smallest absolute Gasteiger partial charge is 0.322 e. The van der Waals surface area contributed by atoms with Crippen LogP contribution in [0.1, 0.15) is 25.3 Å². The van der Waals surface area contributed by atoms with Gasteiger partial charge in [0.2, 0.25) is 10.0 Å². The van der Waals surface area contributed by atoms with Crippen LogP contribution in [-0.2, 0) is 20.4 Å². The van der Waals surface area contributed by atoms with Gasteiger partial charge in [-0.2, -0.15) is 0 Å². The first-order valence-corrected chi connectivity index (χ1v) is 10.3. The molecule has 2 saturated heterocycles. The predicted octanol–water partition coefficient (Wildman–Crippen LogP) is 0.450. The number of ether oxygens (including phenoxy) is 1. The molecular weight excluding hydrogens is 408 g/mol. The van der Waals surface area contributed by atoms with Crippen molar-refractivity contribution in [3.63, 3.8) is 0 Å². The Bertz CT molecular complexity index is 857. The van der Waals surface area contributed by atoms with Gasteiger partial charge in [-0.15, -0.1) is 12.4 Å². The molecule has 1 aromatic rings. The number of hydrogen-bond acceptors (Lipinski definition) is 6. The van der Waals surface area contributed by atoms with Crippen molar-refractivity contribution in [2.24, 2.45) is 5.92 Å². The zero-order chi connectivity index (χ0) is 19.7. The van der Waals surface area contributed by atoms with E-state index in [0.717, 1.165) is 25.9 Å². The van der Waals surface area contributed by atoms with Crippen molar-refractivity contribution in [2.75, 3.05) is 26.7 Å². The zero-order valence-electron chi connectivity index (χ0n) is 15.7. The van der Waals surface area contributed by atoms with E-state index in [2.05, 4.69) is 20.7 Å². The maximum absolute atomic E-state index is 12.7. The molecule has 11 heteroatoms. The van der Waals surface area contributed by atoms with Crippen LogP contribution in [0.4, 0.5) is 4.79 Å². The highest BCUT2D eigenvalue weighted by Gasteiger charge is 2.45. The molecule has 3 amide bonds.